The van der Waals surface area contributed by atoms with Gasteiger partial charge >= 0.3 is 0 Å². The highest BCUT2D eigenvalue weighted by atomic mass is 16.5. The number of hydrogen-bond donors (Lipinski definition) is 1. The molecule has 22 heavy (non-hydrogen) atoms. The molecule has 0 aromatic carbocycles. The second-order valence-electron chi connectivity index (χ2n) is 6.56. The molecule has 0 bridgehead atoms. The van der Waals surface area contributed by atoms with E-state index in [1.54, 1.807) is 6.08 Å². The highest BCUT2D eigenvalue weighted by molar-refractivity contribution is 5.91. The lowest BCUT2D eigenvalue weighted by Gasteiger charge is -2.03. The van der Waals surface area contributed by atoms with Gasteiger partial charge in [0.25, 0.3) is 0 Å². The number of carbonyl (C=O) groups is 1. The molecule has 2 fully saturated rings. The third-order valence-corrected chi connectivity index (χ3v) is 4.34. The standard InChI is InChI=1S/C18H25NO3/c1-13-11-16(13)17-7-5-15(22-17)6-8-18(20)19-9-2-10-21-12-14-3-4-14/h5-8,13-14,16H,2-4,9-12H2,1H3,(H,19,20)/b8-6+. The summed E-state index contributed by atoms with van der Waals surface area (Å²) in [5, 5.41) is 2.86. The summed E-state index contributed by atoms with van der Waals surface area (Å²) in [6.45, 7) is 4.48. The van der Waals surface area contributed by atoms with Crippen molar-refractivity contribution in [1.29, 1.82) is 0 Å². The maximum absolute atomic E-state index is 11.7. The van der Waals surface area contributed by atoms with Crippen molar-refractivity contribution >= 4 is 12.0 Å². The number of ether oxygens (including phenoxy) is 1. The molecule has 120 valence electrons. The Balaban J connectivity index is 1.29. The normalized spacial score (nSPS) is 23.9. The fourth-order valence-electron chi connectivity index (χ4n) is 2.51. The van der Waals surface area contributed by atoms with E-state index in [0.29, 0.717) is 12.5 Å². The molecule has 2 saturated carbocycles. The maximum atomic E-state index is 11.7. The Morgan fingerprint density at radius 2 is 2.27 bits per heavy atom. The van der Waals surface area contributed by atoms with Crippen molar-refractivity contribution in [3.8, 4) is 0 Å². The molecule has 0 spiro atoms. The van der Waals surface area contributed by atoms with Gasteiger partial charge in [-0.05, 0) is 55.7 Å². The zero-order valence-corrected chi connectivity index (χ0v) is 13.2. The van der Waals surface area contributed by atoms with Crippen LogP contribution in [0.25, 0.3) is 6.08 Å². The maximum Gasteiger partial charge on any atom is 0.244 e. The fraction of sp³-hybridized carbons (Fsp3) is 0.611. The molecule has 1 N–H and O–H groups in total. The lowest BCUT2D eigenvalue weighted by molar-refractivity contribution is -0.116. The Bertz CT molecular complexity index is 530. The Morgan fingerprint density at radius 3 is 3.00 bits per heavy atom. The number of carbonyl (C=O) groups excluding carboxylic acids is 1. The second-order valence-corrected chi connectivity index (χ2v) is 6.56. The van der Waals surface area contributed by atoms with Crippen LogP contribution < -0.4 is 5.32 Å². The lowest BCUT2D eigenvalue weighted by Crippen LogP contribution is -2.23. The summed E-state index contributed by atoms with van der Waals surface area (Å²) in [5.41, 5.74) is 0. The molecule has 0 radical (unpaired) electrons. The van der Waals surface area contributed by atoms with Crippen LogP contribution in [0.3, 0.4) is 0 Å². The summed E-state index contributed by atoms with van der Waals surface area (Å²) < 4.78 is 11.3. The van der Waals surface area contributed by atoms with Crippen molar-refractivity contribution in [3.63, 3.8) is 0 Å². The van der Waals surface area contributed by atoms with Gasteiger partial charge in [0.1, 0.15) is 11.5 Å². The number of rotatable bonds is 9. The number of furan rings is 1. The smallest absolute Gasteiger partial charge is 0.244 e. The van der Waals surface area contributed by atoms with Crippen LogP contribution in [0.15, 0.2) is 22.6 Å². The Kier molecular flexibility index (Phi) is 4.98. The van der Waals surface area contributed by atoms with E-state index in [-0.39, 0.29) is 5.91 Å². The summed E-state index contributed by atoms with van der Waals surface area (Å²) >= 11 is 0. The summed E-state index contributed by atoms with van der Waals surface area (Å²) in [4.78, 5) is 11.7. The third kappa shape index (κ3) is 4.73. The predicted molar refractivity (Wildman–Crippen MR) is 85.4 cm³/mol. The van der Waals surface area contributed by atoms with Crippen LogP contribution >= 0.6 is 0 Å². The van der Waals surface area contributed by atoms with Crippen molar-refractivity contribution in [2.45, 2.75) is 38.5 Å². The van der Waals surface area contributed by atoms with Crippen LogP contribution in [0.1, 0.15) is 50.0 Å². The van der Waals surface area contributed by atoms with Gasteiger partial charge in [-0.25, -0.2) is 0 Å². The fourth-order valence-corrected chi connectivity index (χ4v) is 2.51. The van der Waals surface area contributed by atoms with E-state index in [1.807, 2.05) is 12.1 Å². The van der Waals surface area contributed by atoms with Crippen LogP contribution in [0, 0.1) is 11.8 Å². The monoisotopic (exact) mass is 303 g/mol. The molecular formula is C18H25NO3. The van der Waals surface area contributed by atoms with E-state index in [0.717, 1.165) is 43.0 Å². The van der Waals surface area contributed by atoms with Crippen molar-refractivity contribution < 1.29 is 13.9 Å². The minimum Gasteiger partial charge on any atom is -0.461 e. The molecular weight excluding hydrogens is 278 g/mol. The van der Waals surface area contributed by atoms with Crippen molar-refractivity contribution in [3.05, 3.63) is 29.7 Å². The minimum atomic E-state index is -0.0834. The molecule has 2 unspecified atom stereocenters. The first-order valence-electron chi connectivity index (χ1n) is 8.36. The molecule has 1 aromatic heterocycles. The van der Waals surface area contributed by atoms with Crippen LogP contribution in [-0.4, -0.2) is 25.7 Å². The van der Waals surface area contributed by atoms with Gasteiger partial charge in [-0.2, -0.15) is 0 Å². The quantitative estimate of drug-likeness (QED) is 0.562. The number of amides is 1. The zero-order valence-electron chi connectivity index (χ0n) is 13.2. The molecule has 1 amide bonds. The zero-order chi connectivity index (χ0) is 15.4. The summed E-state index contributed by atoms with van der Waals surface area (Å²) in [6, 6.07) is 3.94. The van der Waals surface area contributed by atoms with E-state index in [2.05, 4.69) is 12.2 Å². The molecule has 3 rings (SSSR count). The molecule has 4 heteroatoms. The van der Waals surface area contributed by atoms with E-state index >= 15 is 0 Å². The average molecular weight is 303 g/mol. The number of nitrogens with one attached hydrogen (secondary N) is 1. The first-order valence-corrected chi connectivity index (χ1v) is 8.36. The van der Waals surface area contributed by atoms with Crippen LogP contribution in [0.5, 0.6) is 0 Å². The summed E-state index contributed by atoms with van der Waals surface area (Å²) in [5.74, 6) is 3.81. The van der Waals surface area contributed by atoms with Gasteiger partial charge in [-0.15, -0.1) is 0 Å². The highest BCUT2D eigenvalue weighted by Gasteiger charge is 2.36. The Labute approximate surface area is 131 Å². The highest BCUT2D eigenvalue weighted by Crippen LogP contribution is 2.47. The van der Waals surface area contributed by atoms with Crippen molar-refractivity contribution in [2.75, 3.05) is 19.8 Å². The molecule has 1 heterocycles. The van der Waals surface area contributed by atoms with Gasteiger partial charge in [-0.3, -0.25) is 4.79 Å². The van der Waals surface area contributed by atoms with E-state index < -0.39 is 0 Å². The van der Waals surface area contributed by atoms with Gasteiger partial charge in [0.05, 0.1) is 0 Å². The molecule has 1 aromatic rings. The lowest BCUT2D eigenvalue weighted by atomic mass is 10.3. The average Bonchev–Trinajstić information content (AvgIpc) is 3.41. The molecule has 2 atom stereocenters. The van der Waals surface area contributed by atoms with Gasteiger partial charge in [0, 0.05) is 31.8 Å². The first kappa shape index (κ1) is 15.3. The summed E-state index contributed by atoms with van der Waals surface area (Å²) in [6.07, 6.45) is 7.96. The van der Waals surface area contributed by atoms with Crippen molar-refractivity contribution in [2.24, 2.45) is 11.8 Å². The molecule has 0 saturated heterocycles. The molecule has 2 aliphatic rings. The topological polar surface area (TPSA) is 51.5 Å². The van der Waals surface area contributed by atoms with Gasteiger partial charge in [0.15, 0.2) is 0 Å². The van der Waals surface area contributed by atoms with Crippen LogP contribution in [0.4, 0.5) is 0 Å². The molecule has 2 aliphatic carbocycles. The van der Waals surface area contributed by atoms with Crippen LogP contribution in [-0.2, 0) is 9.53 Å². The van der Waals surface area contributed by atoms with E-state index in [9.17, 15) is 4.79 Å². The van der Waals surface area contributed by atoms with Gasteiger partial charge in [-0.1, -0.05) is 6.92 Å². The Hall–Kier alpha value is -1.55. The first-order chi connectivity index (χ1) is 10.7. The SMILES string of the molecule is CC1CC1c1ccc(/C=C/C(=O)NCCCOCC2CC2)o1. The third-order valence-electron chi connectivity index (χ3n) is 4.34. The summed E-state index contributed by atoms with van der Waals surface area (Å²) in [7, 11) is 0. The van der Waals surface area contributed by atoms with Crippen LogP contribution in [0.2, 0.25) is 0 Å². The van der Waals surface area contributed by atoms with Gasteiger partial charge < -0.3 is 14.5 Å². The van der Waals surface area contributed by atoms with E-state index in [4.69, 9.17) is 9.15 Å². The second kappa shape index (κ2) is 7.14. The largest absolute Gasteiger partial charge is 0.461 e. The Morgan fingerprint density at radius 1 is 1.45 bits per heavy atom. The van der Waals surface area contributed by atoms with E-state index in [1.165, 1.54) is 25.3 Å². The van der Waals surface area contributed by atoms with Gasteiger partial charge in [0.2, 0.25) is 5.91 Å². The molecule has 4 nitrogen and oxygen atoms in total. The minimum absolute atomic E-state index is 0.0834. The predicted octanol–water partition coefficient (Wildman–Crippen LogP) is 3.35. The number of hydrogen-bond acceptors (Lipinski definition) is 3. The van der Waals surface area contributed by atoms with Crippen molar-refractivity contribution in [1.82, 2.24) is 5.32 Å². The molecule has 0 aliphatic heterocycles.